The molecule has 2 N–H and O–H groups in total. The molecule has 230 valence electrons. The molecule has 0 bridgehead atoms. The summed E-state index contributed by atoms with van der Waals surface area (Å²) in [5.74, 6) is 0.239. The Morgan fingerprint density at radius 3 is 2.38 bits per heavy atom. The second-order valence-electron chi connectivity index (χ2n) is 11.3. The summed E-state index contributed by atoms with van der Waals surface area (Å²) in [6.07, 6.45) is -8.30. The van der Waals surface area contributed by atoms with Crippen molar-refractivity contribution in [3.63, 3.8) is 0 Å². The molecule has 42 heavy (non-hydrogen) atoms. The summed E-state index contributed by atoms with van der Waals surface area (Å²) in [6, 6.07) is 6.82. The standard InChI is InChI=1S/C29H33F6N3O4/c1-36-42-26(40)27(9-10-27)25(39)18-3-6-24-22(14-18)37(2)23(16-41-24)17-7-11-38(12-8-17)15-19-13-20(28(30,31)32)4-5-21(19)29(33,34)35/h3-6,13-14,17,23,25,36,39H,7-12,15-16H2,1-2H3/t23?,25-/m0/s1. The average Bonchev–Trinajstić information content (AvgIpc) is 3.75. The van der Waals surface area contributed by atoms with Gasteiger partial charge in [-0.25, -0.2) is 4.79 Å². The summed E-state index contributed by atoms with van der Waals surface area (Å²) in [5.41, 5.74) is 0.138. The summed E-state index contributed by atoms with van der Waals surface area (Å²) in [4.78, 5) is 21.2. The molecular weight excluding hydrogens is 568 g/mol. The van der Waals surface area contributed by atoms with Crippen molar-refractivity contribution in [3.05, 3.63) is 58.7 Å². The Hall–Kier alpha value is -3.03. The molecule has 13 heteroatoms. The van der Waals surface area contributed by atoms with Crippen LogP contribution in [0.3, 0.4) is 0 Å². The minimum Gasteiger partial charge on any atom is -0.489 e. The van der Waals surface area contributed by atoms with E-state index in [9.17, 15) is 36.2 Å². The lowest BCUT2D eigenvalue weighted by Crippen LogP contribution is -2.49. The number of aliphatic hydroxyl groups is 1. The molecule has 0 spiro atoms. The van der Waals surface area contributed by atoms with Crippen LogP contribution in [0, 0.1) is 11.3 Å². The number of nitrogens with one attached hydrogen (secondary N) is 1. The number of carbonyl (C=O) groups is 1. The van der Waals surface area contributed by atoms with Crippen LogP contribution >= 0.6 is 0 Å². The molecule has 2 aliphatic heterocycles. The first kappa shape index (κ1) is 30.4. The number of likely N-dealkylation sites (N-methyl/N-ethyl adjacent to an activating group) is 1. The van der Waals surface area contributed by atoms with E-state index in [1.165, 1.54) is 7.05 Å². The van der Waals surface area contributed by atoms with Crippen LogP contribution in [0.25, 0.3) is 0 Å². The third kappa shape index (κ3) is 5.91. The Morgan fingerprint density at radius 2 is 1.79 bits per heavy atom. The second kappa shape index (κ2) is 11.2. The zero-order valence-electron chi connectivity index (χ0n) is 23.2. The zero-order chi connectivity index (χ0) is 30.4. The molecule has 2 heterocycles. The van der Waals surface area contributed by atoms with E-state index in [4.69, 9.17) is 9.57 Å². The zero-order valence-corrected chi connectivity index (χ0v) is 23.2. The fourth-order valence-electron chi connectivity index (χ4n) is 6.17. The first-order chi connectivity index (χ1) is 19.7. The number of halogens is 6. The number of hydrogen-bond acceptors (Lipinski definition) is 7. The third-order valence-electron chi connectivity index (χ3n) is 8.81. The summed E-state index contributed by atoms with van der Waals surface area (Å²) in [7, 11) is 3.39. The maximum Gasteiger partial charge on any atom is 0.416 e. The van der Waals surface area contributed by atoms with Crippen molar-refractivity contribution in [2.24, 2.45) is 11.3 Å². The SMILES string of the molecule is CNOC(=O)C1([C@@H](O)c2ccc3c(c2)N(C)C(C2CCN(Cc4cc(C(F)(F)F)ccc4C(F)(F)F)CC2)CO3)CC1. The van der Waals surface area contributed by atoms with Gasteiger partial charge in [0.1, 0.15) is 12.4 Å². The minimum absolute atomic E-state index is 0.0597. The number of alkyl halides is 6. The summed E-state index contributed by atoms with van der Waals surface area (Å²) >= 11 is 0. The minimum atomic E-state index is -4.76. The Bertz CT molecular complexity index is 1310. The number of anilines is 1. The molecule has 0 radical (unpaired) electrons. The van der Waals surface area contributed by atoms with Crippen molar-refractivity contribution in [1.29, 1.82) is 0 Å². The predicted molar refractivity (Wildman–Crippen MR) is 140 cm³/mol. The first-order valence-electron chi connectivity index (χ1n) is 13.8. The van der Waals surface area contributed by atoms with E-state index < -0.39 is 41.0 Å². The van der Waals surface area contributed by atoms with E-state index in [0.29, 0.717) is 74.9 Å². The van der Waals surface area contributed by atoms with Gasteiger partial charge in [0.25, 0.3) is 0 Å². The van der Waals surface area contributed by atoms with Gasteiger partial charge >= 0.3 is 18.3 Å². The quantitative estimate of drug-likeness (QED) is 0.329. The molecule has 2 atom stereocenters. The van der Waals surface area contributed by atoms with Crippen LogP contribution in [0.4, 0.5) is 32.0 Å². The number of nitrogens with zero attached hydrogens (tertiary/aromatic N) is 2. The van der Waals surface area contributed by atoms with Gasteiger partial charge in [-0.1, -0.05) is 6.07 Å². The van der Waals surface area contributed by atoms with Crippen LogP contribution in [-0.4, -0.2) is 55.8 Å². The lowest BCUT2D eigenvalue weighted by Gasteiger charge is -2.43. The molecule has 1 unspecified atom stereocenters. The lowest BCUT2D eigenvalue weighted by molar-refractivity contribution is -0.161. The number of benzene rings is 2. The van der Waals surface area contributed by atoms with Crippen molar-refractivity contribution >= 4 is 11.7 Å². The van der Waals surface area contributed by atoms with Crippen LogP contribution in [0.2, 0.25) is 0 Å². The number of likely N-dealkylation sites (tertiary alicyclic amines) is 1. The molecule has 1 saturated carbocycles. The van der Waals surface area contributed by atoms with Gasteiger partial charge in [-0.05, 0) is 86.1 Å². The molecule has 7 nitrogen and oxygen atoms in total. The fourth-order valence-corrected chi connectivity index (χ4v) is 6.17. The number of rotatable bonds is 7. The molecule has 2 aromatic carbocycles. The number of ether oxygens (including phenoxy) is 1. The van der Waals surface area contributed by atoms with Gasteiger partial charge in [0, 0.05) is 20.6 Å². The van der Waals surface area contributed by atoms with E-state index in [0.717, 1.165) is 5.69 Å². The van der Waals surface area contributed by atoms with E-state index >= 15 is 0 Å². The Kier molecular flexibility index (Phi) is 8.14. The fraction of sp³-hybridized carbons (Fsp3) is 0.552. The molecular formula is C29H33F6N3O4. The highest BCUT2D eigenvalue weighted by Gasteiger charge is 2.57. The number of piperidine rings is 1. The van der Waals surface area contributed by atoms with Gasteiger partial charge in [0.15, 0.2) is 0 Å². The van der Waals surface area contributed by atoms with Gasteiger partial charge in [0.05, 0.1) is 34.4 Å². The summed E-state index contributed by atoms with van der Waals surface area (Å²) in [6.45, 7) is 0.999. The lowest BCUT2D eigenvalue weighted by atomic mass is 9.87. The Morgan fingerprint density at radius 1 is 1.10 bits per heavy atom. The van der Waals surface area contributed by atoms with Crippen LogP contribution in [0.1, 0.15) is 54.0 Å². The van der Waals surface area contributed by atoms with Crippen LogP contribution in [0.15, 0.2) is 36.4 Å². The van der Waals surface area contributed by atoms with Crippen LogP contribution in [0.5, 0.6) is 5.75 Å². The molecule has 5 rings (SSSR count). The molecule has 3 aliphatic rings. The smallest absolute Gasteiger partial charge is 0.416 e. The maximum atomic E-state index is 13.6. The van der Waals surface area contributed by atoms with Gasteiger partial charge in [-0.15, -0.1) is 0 Å². The molecule has 1 aliphatic carbocycles. The number of fused-ring (bicyclic) bond motifs is 1. The highest BCUT2D eigenvalue weighted by molar-refractivity contribution is 5.81. The monoisotopic (exact) mass is 601 g/mol. The highest BCUT2D eigenvalue weighted by Crippen LogP contribution is 2.56. The number of aliphatic hydroxyl groups excluding tert-OH is 1. The average molecular weight is 602 g/mol. The molecule has 2 aromatic rings. The van der Waals surface area contributed by atoms with Crippen LogP contribution < -0.4 is 15.1 Å². The van der Waals surface area contributed by atoms with Crippen molar-refractivity contribution in [1.82, 2.24) is 10.4 Å². The Labute approximate surface area is 239 Å². The number of hydrogen-bond donors (Lipinski definition) is 2. The van der Waals surface area contributed by atoms with E-state index in [1.807, 2.05) is 7.05 Å². The molecule has 0 amide bonds. The van der Waals surface area contributed by atoms with Gasteiger partial charge in [0.2, 0.25) is 0 Å². The van der Waals surface area contributed by atoms with Crippen LogP contribution in [-0.2, 0) is 28.5 Å². The molecule has 1 saturated heterocycles. The van der Waals surface area contributed by atoms with Gasteiger partial charge in [-0.2, -0.15) is 31.8 Å². The predicted octanol–water partition coefficient (Wildman–Crippen LogP) is 5.32. The third-order valence-corrected chi connectivity index (χ3v) is 8.81. The number of carbonyl (C=O) groups excluding carboxylic acids is 1. The van der Waals surface area contributed by atoms with Crippen molar-refractivity contribution in [2.75, 3.05) is 38.7 Å². The van der Waals surface area contributed by atoms with E-state index in [1.54, 1.807) is 23.1 Å². The van der Waals surface area contributed by atoms with Crippen molar-refractivity contribution < 1.29 is 45.8 Å². The highest BCUT2D eigenvalue weighted by atomic mass is 19.4. The van der Waals surface area contributed by atoms with E-state index in [2.05, 4.69) is 10.4 Å². The summed E-state index contributed by atoms with van der Waals surface area (Å²) < 4.78 is 86.4. The summed E-state index contributed by atoms with van der Waals surface area (Å²) in [5, 5.41) is 11.1. The van der Waals surface area contributed by atoms with Crippen molar-refractivity contribution in [3.8, 4) is 5.75 Å². The second-order valence-corrected chi connectivity index (χ2v) is 11.3. The van der Waals surface area contributed by atoms with Gasteiger partial charge < -0.3 is 19.6 Å². The molecule has 2 fully saturated rings. The van der Waals surface area contributed by atoms with Gasteiger partial charge in [-0.3, -0.25) is 4.90 Å². The Balaban J connectivity index is 1.26. The van der Waals surface area contributed by atoms with E-state index in [-0.39, 0.29) is 24.1 Å². The topological polar surface area (TPSA) is 74.3 Å². The maximum absolute atomic E-state index is 13.6. The first-order valence-corrected chi connectivity index (χ1v) is 13.8. The normalized spacial score (nSPS) is 21.8. The largest absolute Gasteiger partial charge is 0.489 e. The van der Waals surface area contributed by atoms with Crippen molar-refractivity contribution in [2.45, 2.75) is 56.7 Å². The number of hydroxylamine groups is 1. The molecule has 0 aromatic heterocycles.